The third-order valence-corrected chi connectivity index (χ3v) is 1.48. The van der Waals surface area contributed by atoms with E-state index in [0.717, 1.165) is 11.3 Å². The van der Waals surface area contributed by atoms with E-state index in [0.29, 0.717) is 0 Å². The Morgan fingerprint density at radius 1 is 1.25 bits per heavy atom. The third-order valence-electron chi connectivity index (χ3n) is 1.48. The first-order valence-electron chi connectivity index (χ1n) is 3.71. The Bertz CT molecular complexity index is 353. The fourth-order valence-electron chi connectivity index (χ4n) is 0.958. The highest BCUT2D eigenvalue weighted by molar-refractivity contribution is 5.36. The zero-order valence-electron chi connectivity index (χ0n) is 7.23. The normalized spacial score (nSPS) is 9.25. The minimum absolute atomic E-state index is 0.903. The number of aryl methyl sites for hydroxylation is 1. The summed E-state index contributed by atoms with van der Waals surface area (Å²) < 4.78 is 1.81. The lowest BCUT2D eigenvalue weighted by Gasteiger charge is -1.94. The standard InChI is InChI=1S/C7H7N3.CH5N/c1-6-2-4-8-7-3-5-9-10(6)7;1-2/h2-5H,1H3;2H2,1H3. The maximum absolute atomic E-state index is 4.50. The minimum atomic E-state index is 0.903. The number of aromatic nitrogens is 3. The molecule has 0 aliphatic carbocycles. The molecule has 0 fully saturated rings. The lowest BCUT2D eigenvalue weighted by Crippen LogP contribution is -1.92. The second kappa shape index (κ2) is 3.82. The largest absolute Gasteiger partial charge is 0.333 e. The average Bonchev–Trinajstić information content (AvgIpc) is 2.57. The second-order valence-corrected chi connectivity index (χ2v) is 2.19. The van der Waals surface area contributed by atoms with Gasteiger partial charge in [0.1, 0.15) is 0 Å². The van der Waals surface area contributed by atoms with Crippen LogP contribution in [0, 0.1) is 6.92 Å². The highest BCUT2D eigenvalue weighted by Gasteiger charge is 1.93. The fraction of sp³-hybridized carbons (Fsp3) is 0.250. The van der Waals surface area contributed by atoms with Gasteiger partial charge in [0.2, 0.25) is 0 Å². The summed E-state index contributed by atoms with van der Waals surface area (Å²) in [4.78, 5) is 4.10. The molecule has 4 heteroatoms. The molecule has 64 valence electrons. The Labute approximate surface area is 71.0 Å². The minimum Gasteiger partial charge on any atom is -0.333 e. The number of nitrogens with two attached hydrogens (primary N) is 1. The number of hydrogen-bond acceptors (Lipinski definition) is 3. The average molecular weight is 164 g/mol. The molecule has 0 bridgehead atoms. The van der Waals surface area contributed by atoms with Crippen LogP contribution in [0.4, 0.5) is 0 Å². The number of fused-ring (bicyclic) bond motifs is 1. The maximum Gasteiger partial charge on any atom is 0.155 e. The molecule has 0 aliphatic heterocycles. The number of hydrogen-bond donors (Lipinski definition) is 1. The molecule has 0 aromatic carbocycles. The zero-order chi connectivity index (χ0) is 8.97. The summed E-state index contributed by atoms with van der Waals surface area (Å²) in [6, 6.07) is 3.81. The molecule has 12 heavy (non-hydrogen) atoms. The van der Waals surface area contributed by atoms with Gasteiger partial charge in [0, 0.05) is 18.0 Å². The molecule has 0 spiro atoms. The summed E-state index contributed by atoms with van der Waals surface area (Å²) in [6.45, 7) is 2.00. The van der Waals surface area contributed by atoms with Gasteiger partial charge in [-0.25, -0.2) is 9.50 Å². The topological polar surface area (TPSA) is 56.2 Å². The van der Waals surface area contributed by atoms with Crippen LogP contribution in [0.5, 0.6) is 0 Å². The van der Waals surface area contributed by atoms with E-state index in [1.807, 2.05) is 19.1 Å². The summed E-state index contributed by atoms with van der Waals surface area (Å²) >= 11 is 0. The summed E-state index contributed by atoms with van der Waals surface area (Å²) in [5.41, 5.74) is 6.51. The summed E-state index contributed by atoms with van der Waals surface area (Å²) in [6.07, 6.45) is 3.53. The Balaban J connectivity index is 0.000000336. The van der Waals surface area contributed by atoms with Gasteiger partial charge in [0.05, 0.1) is 6.20 Å². The van der Waals surface area contributed by atoms with Crippen molar-refractivity contribution < 1.29 is 0 Å². The van der Waals surface area contributed by atoms with E-state index in [-0.39, 0.29) is 0 Å². The van der Waals surface area contributed by atoms with E-state index in [2.05, 4.69) is 15.8 Å². The van der Waals surface area contributed by atoms with Gasteiger partial charge in [-0.1, -0.05) is 0 Å². The van der Waals surface area contributed by atoms with E-state index in [1.54, 1.807) is 16.9 Å². The van der Waals surface area contributed by atoms with Gasteiger partial charge in [-0.2, -0.15) is 5.10 Å². The van der Waals surface area contributed by atoms with Crippen molar-refractivity contribution in [2.24, 2.45) is 5.73 Å². The highest BCUT2D eigenvalue weighted by atomic mass is 15.2. The first-order chi connectivity index (χ1) is 5.88. The Kier molecular flexibility index (Phi) is 2.76. The van der Waals surface area contributed by atoms with Gasteiger partial charge >= 0.3 is 0 Å². The van der Waals surface area contributed by atoms with Crippen molar-refractivity contribution in [2.75, 3.05) is 7.05 Å². The molecule has 4 nitrogen and oxygen atoms in total. The van der Waals surface area contributed by atoms with Crippen molar-refractivity contribution in [3.8, 4) is 0 Å². The second-order valence-electron chi connectivity index (χ2n) is 2.19. The molecule has 2 rings (SSSR count). The lowest BCUT2D eigenvalue weighted by atomic mass is 10.4. The molecule has 0 atom stereocenters. The van der Waals surface area contributed by atoms with Crippen molar-refractivity contribution in [1.82, 2.24) is 14.6 Å². The van der Waals surface area contributed by atoms with Crippen LogP contribution in [0.2, 0.25) is 0 Å². The monoisotopic (exact) mass is 164 g/mol. The lowest BCUT2D eigenvalue weighted by molar-refractivity contribution is 0.895. The molecule has 2 aromatic rings. The van der Waals surface area contributed by atoms with Gasteiger partial charge in [0.25, 0.3) is 0 Å². The van der Waals surface area contributed by atoms with Gasteiger partial charge in [-0.05, 0) is 20.0 Å². The van der Waals surface area contributed by atoms with E-state index in [4.69, 9.17) is 0 Å². The molecule has 2 N–H and O–H groups in total. The van der Waals surface area contributed by atoms with Gasteiger partial charge in [-0.15, -0.1) is 0 Å². The zero-order valence-corrected chi connectivity index (χ0v) is 7.23. The third kappa shape index (κ3) is 1.43. The Morgan fingerprint density at radius 2 is 2.00 bits per heavy atom. The summed E-state index contributed by atoms with van der Waals surface area (Å²) in [7, 11) is 1.50. The molecular formula is C8H12N4. The molecular weight excluding hydrogens is 152 g/mol. The first kappa shape index (κ1) is 8.67. The summed E-state index contributed by atoms with van der Waals surface area (Å²) in [5.74, 6) is 0. The van der Waals surface area contributed by atoms with Gasteiger partial charge in [0.15, 0.2) is 5.65 Å². The SMILES string of the molecule is CN.Cc1ccnc2ccnn12. The maximum atomic E-state index is 4.50. The van der Waals surface area contributed by atoms with E-state index in [9.17, 15) is 0 Å². The predicted octanol–water partition coefficient (Wildman–Crippen LogP) is 0.613. The molecule has 0 radical (unpaired) electrons. The molecule has 0 amide bonds. The van der Waals surface area contributed by atoms with Gasteiger partial charge < -0.3 is 5.73 Å². The predicted molar refractivity (Wildman–Crippen MR) is 47.8 cm³/mol. The van der Waals surface area contributed by atoms with Crippen LogP contribution in [0.25, 0.3) is 5.65 Å². The van der Waals surface area contributed by atoms with Crippen LogP contribution in [-0.2, 0) is 0 Å². The van der Waals surface area contributed by atoms with Crippen molar-refractivity contribution in [3.05, 3.63) is 30.2 Å². The smallest absolute Gasteiger partial charge is 0.155 e. The highest BCUT2D eigenvalue weighted by Crippen LogP contribution is 1.99. The van der Waals surface area contributed by atoms with Crippen LogP contribution in [0.15, 0.2) is 24.5 Å². The van der Waals surface area contributed by atoms with Crippen LogP contribution in [0.3, 0.4) is 0 Å². The molecule has 0 unspecified atom stereocenters. The molecule has 2 heterocycles. The van der Waals surface area contributed by atoms with Crippen molar-refractivity contribution in [3.63, 3.8) is 0 Å². The van der Waals surface area contributed by atoms with E-state index < -0.39 is 0 Å². The fourth-order valence-corrected chi connectivity index (χ4v) is 0.958. The Morgan fingerprint density at radius 3 is 2.67 bits per heavy atom. The molecule has 0 saturated carbocycles. The quantitative estimate of drug-likeness (QED) is 0.620. The van der Waals surface area contributed by atoms with Gasteiger partial charge in [-0.3, -0.25) is 0 Å². The number of nitrogens with zero attached hydrogens (tertiary/aromatic N) is 3. The first-order valence-corrected chi connectivity index (χ1v) is 3.71. The van der Waals surface area contributed by atoms with Crippen LogP contribution in [0.1, 0.15) is 5.69 Å². The van der Waals surface area contributed by atoms with Crippen molar-refractivity contribution >= 4 is 5.65 Å². The van der Waals surface area contributed by atoms with E-state index >= 15 is 0 Å². The van der Waals surface area contributed by atoms with Crippen molar-refractivity contribution in [2.45, 2.75) is 6.92 Å². The molecule has 0 aliphatic rings. The Hall–Kier alpha value is -1.42. The van der Waals surface area contributed by atoms with Crippen LogP contribution < -0.4 is 5.73 Å². The molecule has 2 aromatic heterocycles. The summed E-state index contributed by atoms with van der Waals surface area (Å²) in [5, 5.41) is 4.07. The van der Waals surface area contributed by atoms with Crippen LogP contribution >= 0.6 is 0 Å². The number of rotatable bonds is 0. The van der Waals surface area contributed by atoms with Crippen LogP contribution in [-0.4, -0.2) is 21.6 Å². The molecule has 0 saturated heterocycles. The van der Waals surface area contributed by atoms with Crippen molar-refractivity contribution in [1.29, 1.82) is 0 Å². The van der Waals surface area contributed by atoms with E-state index in [1.165, 1.54) is 7.05 Å².